The summed E-state index contributed by atoms with van der Waals surface area (Å²) in [6, 6.07) is 18.6. The molecule has 0 unspecified atom stereocenters. The van der Waals surface area contributed by atoms with Crippen LogP contribution in [0.25, 0.3) is 16.8 Å². The second-order valence-electron chi connectivity index (χ2n) is 8.55. The molecule has 2 heterocycles. The van der Waals surface area contributed by atoms with Crippen molar-refractivity contribution in [1.82, 2.24) is 4.57 Å². The Morgan fingerprint density at radius 2 is 2.00 bits per heavy atom. The molecule has 0 radical (unpaired) electrons. The van der Waals surface area contributed by atoms with E-state index in [1.807, 2.05) is 54.6 Å². The number of fused-ring (bicyclic) bond motifs is 2. The van der Waals surface area contributed by atoms with Gasteiger partial charge in [-0.1, -0.05) is 75.7 Å². The molecule has 1 aromatic heterocycles. The molecule has 0 amide bonds. The number of aromatic nitrogens is 1. The largest absolute Gasteiger partial charge is 0.480 e. The fourth-order valence-corrected chi connectivity index (χ4v) is 6.02. The highest BCUT2D eigenvalue weighted by Crippen LogP contribution is 2.35. The van der Waals surface area contributed by atoms with Crippen molar-refractivity contribution in [3.05, 3.63) is 107 Å². The van der Waals surface area contributed by atoms with Crippen LogP contribution in [-0.4, -0.2) is 23.8 Å². The summed E-state index contributed by atoms with van der Waals surface area (Å²) < 4.78 is 14.0. The summed E-state index contributed by atoms with van der Waals surface area (Å²) in [5.41, 5.74) is 2.14. The number of nitrogens with zero attached hydrogens (tertiary/aromatic N) is 2. The van der Waals surface area contributed by atoms with Crippen LogP contribution in [0.15, 0.2) is 86.2 Å². The second-order valence-corrected chi connectivity index (χ2v) is 10.5. The fourth-order valence-electron chi connectivity index (χ4n) is 4.60. The van der Waals surface area contributed by atoms with Crippen LogP contribution in [0.2, 0.25) is 0 Å². The van der Waals surface area contributed by atoms with Gasteiger partial charge in [0.05, 0.1) is 28.5 Å². The molecule has 8 heteroatoms. The van der Waals surface area contributed by atoms with Gasteiger partial charge in [-0.2, -0.15) is 0 Å². The van der Waals surface area contributed by atoms with E-state index in [0.29, 0.717) is 31.9 Å². The van der Waals surface area contributed by atoms with E-state index in [0.717, 1.165) is 20.8 Å². The third kappa shape index (κ3) is 4.71. The van der Waals surface area contributed by atoms with Gasteiger partial charge in [0.25, 0.3) is 5.56 Å². The smallest absolute Gasteiger partial charge is 0.338 e. The van der Waals surface area contributed by atoms with Gasteiger partial charge in [0.15, 0.2) is 4.80 Å². The first-order valence-electron chi connectivity index (χ1n) is 12.0. The number of allylic oxidation sites excluding steroid dienone is 1. The van der Waals surface area contributed by atoms with Crippen molar-refractivity contribution in [1.29, 1.82) is 0 Å². The molecule has 38 heavy (non-hydrogen) atoms. The first-order chi connectivity index (χ1) is 18.4. The Kier molecular flexibility index (Phi) is 7.32. The summed E-state index contributed by atoms with van der Waals surface area (Å²) in [7, 11) is 0. The molecule has 4 aromatic rings. The number of hydrogen-bond donors (Lipinski definition) is 0. The number of benzene rings is 3. The lowest BCUT2D eigenvalue weighted by molar-refractivity contribution is -0.139. The third-order valence-electron chi connectivity index (χ3n) is 6.20. The second kappa shape index (κ2) is 10.8. The van der Waals surface area contributed by atoms with Crippen LogP contribution in [0.1, 0.15) is 31.0 Å². The summed E-state index contributed by atoms with van der Waals surface area (Å²) in [6.07, 6.45) is 7.15. The van der Waals surface area contributed by atoms with Crippen molar-refractivity contribution in [2.24, 2.45) is 4.99 Å². The average molecular weight is 587 g/mol. The summed E-state index contributed by atoms with van der Waals surface area (Å²) >= 11 is 4.75. The van der Waals surface area contributed by atoms with E-state index in [1.165, 1.54) is 11.3 Å². The summed E-state index contributed by atoms with van der Waals surface area (Å²) in [6.45, 7) is 3.85. The normalized spacial score (nSPS) is 15.1. The van der Waals surface area contributed by atoms with Crippen molar-refractivity contribution in [3.63, 3.8) is 0 Å². The lowest BCUT2D eigenvalue weighted by Gasteiger charge is -2.25. The van der Waals surface area contributed by atoms with Gasteiger partial charge in [-0.3, -0.25) is 9.36 Å². The number of hydrogen-bond acceptors (Lipinski definition) is 6. The Balaban J connectivity index is 1.78. The van der Waals surface area contributed by atoms with E-state index in [9.17, 15) is 9.59 Å². The average Bonchev–Trinajstić information content (AvgIpc) is 3.21. The Hall–Kier alpha value is -3.93. The summed E-state index contributed by atoms with van der Waals surface area (Å²) in [5.74, 6) is 2.54. The molecule has 3 aromatic carbocycles. The van der Waals surface area contributed by atoms with Gasteiger partial charge < -0.3 is 9.47 Å². The van der Waals surface area contributed by atoms with E-state index in [2.05, 4.69) is 26.8 Å². The fraction of sp³-hybridized carbons (Fsp3) is 0.167. The number of esters is 1. The first kappa shape index (κ1) is 25.7. The highest BCUT2D eigenvalue weighted by Gasteiger charge is 2.34. The maximum atomic E-state index is 14.0. The molecule has 1 aliphatic heterocycles. The van der Waals surface area contributed by atoms with Gasteiger partial charge in [0.2, 0.25) is 0 Å². The number of thiazole rings is 1. The number of terminal acetylenes is 1. The monoisotopic (exact) mass is 586 g/mol. The lowest BCUT2D eigenvalue weighted by Crippen LogP contribution is -2.40. The molecule has 190 valence electrons. The van der Waals surface area contributed by atoms with Gasteiger partial charge in [-0.05, 0) is 54.5 Å². The number of carbonyl (C=O) groups is 1. The number of halogens is 1. The molecule has 1 aliphatic rings. The van der Waals surface area contributed by atoms with Crippen molar-refractivity contribution in [2.45, 2.75) is 19.9 Å². The zero-order chi connectivity index (χ0) is 26.8. The molecule has 0 saturated carbocycles. The SMILES string of the molecule is C#CCOc1ccc(Br)cc1/C=c1/sc2n(c1=O)[C@@H](c1cccc3ccccc13)C(C(=O)OCC)=C(C)N=2. The van der Waals surface area contributed by atoms with Crippen LogP contribution in [0, 0.1) is 12.3 Å². The van der Waals surface area contributed by atoms with Crippen molar-refractivity contribution in [2.75, 3.05) is 13.2 Å². The predicted octanol–water partition coefficient (Wildman–Crippen LogP) is 4.73. The Morgan fingerprint density at radius 3 is 2.79 bits per heavy atom. The van der Waals surface area contributed by atoms with E-state index in [-0.39, 0.29) is 18.8 Å². The lowest BCUT2D eigenvalue weighted by atomic mass is 9.91. The minimum absolute atomic E-state index is 0.104. The van der Waals surface area contributed by atoms with E-state index in [4.69, 9.17) is 15.9 Å². The molecule has 0 aliphatic carbocycles. The van der Waals surface area contributed by atoms with E-state index < -0.39 is 12.0 Å². The predicted molar refractivity (Wildman–Crippen MR) is 153 cm³/mol. The minimum Gasteiger partial charge on any atom is -0.480 e. The molecule has 0 N–H and O–H groups in total. The van der Waals surface area contributed by atoms with Crippen LogP contribution < -0.4 is 19.6 Å². The molecule has 0 fully saturated rings. The van der Waals surface area contributed by atoms with Gasteiger partial charge in [-0.25, -0.2) is 9.79 Å². The molecule has 6 nitrogen and oxygen atoms in total. The number of ether oxygens (including phenoxy) is 2. The van der Waals surface area contributed by atoms with Gasteiger partial charge in [0, 0.05) is 10.0 Å². The van der Waals surface area contributed by atoms with Crippen LogP contribution in [0.4, 0.5) is 0 Å². The number of rotatable bonds is 6. The molecule has 0 spiro atoms. The minimum atomic E-state index is -0.696. The Bertz CT molecular complexity index is 1820. The van der Waals surface area contributed by atoms with Gasteiger partial charge >= 0.3 is 5.97 Å². The van der Waals surface area contributed by atoms with E-state index >= 15 is 0 Å². The van der Waals surface area contributed by atoms with Crippen LogP contribution in [0.5, 0.6) is 5.75 Å². The molecular weight excluding hydrogens is 564 g/mol. The maximum Gasteiger partial charge on any atom is 0.338 e. The third-order valence-corrected chi connectivity index (χ3v) is 7.68. The first-order valence-corrected chi connectivity index (χ1v) is 13.6. The van der Waals surface area contributed by atoms with Crippen molar-refractivity contribution < 1.29 is 14.3 Å². The molecular formula is C30H23BrN2O4S. The van der Waals surface area contributed by atoms with Gasteiger partial charge in [0.1, 0.15) is 12.4 Å². The summed E-state index contributed by atoms with van der Waals surface area (Å²) in [5, 5.41) is 1.96. The Morgan fingerprint density at radius 1 is 1.21 bits per heavy atom. The highest BCUT2D eigenvalue weighted by molar-refractivity contribution is 9.10. The topological polar surface area (TPSA) is 69.9 Å². The van der Waals surface area contributed by atoms with Crippen molar-refractivity contribution in [3.8, 4) is 18.1 Å². The highest BCUT2D eigenvalue weighted by atomic mass is 79.9. The van der Waals surface area contributed by atoms with Gasteiger partial charge in [-0.15, -0.1) is 6.42 Å². The molecule has 5 rings (SSSR count). The van der Waals surface area contributed by atoms with Crippen LogP contribution in [-0.2, 0) is 9.53 Å². The van der Waals surface area contributed by atoms with Crippen LogP contribution in [0.3, 0.4) is 0 Å². The molecule has 1 atom stereocenters. The van der Waals surface area contributed by atoms with Crippen LogP contribution >= 0.6 is 27.3 Å². The zero-order valence-corrected chi connectivity index (χ0v) is 23.1. The number of carbonyl (C=O) groups excluding carboxylic acids is 1. The zero-order valence-electron chi connectivity index (χ0n) is 20.7. The summed E-state index contributed by atoms with van der Waals surface area (Å²) in [4.78, 5) is 32.4. The maximum absolute atomic E-state index is 14.0. The van der Waals surface area contributed by atoms with Crippen molar-refractivity contribution >= 4 is 50.1 Å². The molecule has 0 bridgehead atoms. The van der Waals surface area contributed by atoms with E-state index in [1.54, 1.807) is 30.6 Å². The quantitative estimate of drug-likeness (QED) is 0.242. The molecule has 0 saturated heterocycles. The standard InChI is InChI=1S/C30H23BrN2O4S/c1-4-15-37-24-14-13-21(31)16-20(24)17-25-28(34)33-27(23-12-8-10-19-9-6-7-11-22(19)23)26(29(35)36-5-2)18(3)32-30(33)38-25/h1,6-14,16-17,27H,5,15H2,2-3H3/b25-17+/t27-/m0/s1. The Labute approximate surface area is 231 Å².